The standard InChI is InChI=1S/C12H19N3O2/c1-7-5-9(8(2)13)6-10(14-7)15-11(16)12(3,4)17/h5-6,8,17H,13H2,1-4H3,(H,14,15,16). The maximum absolute atomic E-state index is 11.6. The Kier molecular flexibility index (Phi) is 3.85. The molecule has 0 aliphatic rings. The summed E-state index contributed by atoms with van der Waals surface area (Å²) < 4.78 is 0. The third-order valence-corrected chi connectivity index (χ3v) is 2.30. The van der Waals surface area contributed by atoms with Gasteiger partial charge in [-0.3, -0.25) is 4.79 Å². The van der Waals surface area contributed by atoms with Gasteiger partial charge in [-0.05, 0) is 45.4 Å². The second-order valence-corrected chi connectivity index (χ2v) is 4.73. The van der Waals surface area contributed by atoms with Crippen LogP contribution in [0.2, 0.25) is 0 Å². The highest BCUT2D eigenvalue weighted by Gasteiger charge is 2.24. The number of nitrogens with two attached hydrogens (primary N) is 1. The quantitative estimate of drug-likeness (QED) is 0.735. The van der Waals surface area contributed by atoms with Crippen LogP contribution in [0.5, 0.6) is 0 Å². The van der Waals surface area contributed by atoms with E-state index in [9.17, 15) is 9.90 Å². The lowest BCUT2D eigenvalue weighted by atomic mass is 10.1. The fourth-order valence-electron chi connectivity index (χ4n) is 1.29. The maximum atomic E-state index is 11.6. The average Bonchev–Trinajstić information content (AvgIpc) is 2.14. The summed E-state index contributed by atoms with van der Waals surface area (Å²) in [5, 5.41) is 12.1. The summed E-state index contributed by atoms with van der Waals surface area (Å²) in [6.07, 6.45) is 0. The molecule has 1 heterocycles. The molecule has 5 heteroatoms. The molecule has 4 N–H and O–H groups in total. The van der Waals surface area contributed by atoms with Crippen LogP contribution in [0.3, 0.4) is 0 Å². The predicted molar refractivity (Wildman–Crippen MR) is 66.5 cm³/mol. The first kappa shape index (κ1) is 13.6. The van der Waals surface area contributed by atoms with Gasteiger partial charge in [0.25, 0.3) is 5.91 Å². The number of rotatable bonds is 3. The topological polar surface area (TPSA) is 88.2 Å². The van der Waals surface area contributed by atoms with Crippen molar-refractivity contribution in [2.75, 3.05) is 5.32 Å². The summed E-state index contributed by atoms with van der Waals surface area (Å²) in [6.45, 7) is 6.52. The molecule has 1 aromatic heterocycles. The van der Waals surface area contributed by atoms with Gasteiger partial charge >= 0.3 is 0 Å². The number of hydrogen-bond donors (Lipinski definition) is 3. The second-order valence-electron chi connectivity index (χ2n) is 4.73. The molecule has 0 spiro atoms. The zero-order chi connectivity index (χ0) is 13.2. The molecule has 1 unspecified atom stereocenters. The van der Waals surface area contributed by atoms with E-state index in [1.165, 1.54) is 13.8 Å². The largest absolute Gasteiger partial charge is 0.381 e. The molecule has 17 heavy (non-hydrogen) atoms. The molecule has 0 fully saturated rings. The van der Waals surface area contributed by atoms with E-state index in [4.69, 9.17) is 5.73 Å². The highest BCUT2D eigenvalue weighted by molar-refractivity contribution is 5.95. The Morgan fingerprint density at radius 2 is 2.12 bits per heavy atom. The smallest absolute Gasteiger partial charge is 0.256 e. The minimum atomic E-state index is -1.43. The number of aryl methyl sites for hydroxylation is 1. The summed E-state index contributed by atoms with van der Waals surface area (Å²) in [5.41, 5.74) is 6.01. The van der Waals surface area contributed by atoms with E-state index < -0.39 is 11.5 Å². The highest BCUT2D eigenvalue weighted by atomic mass is 16.3. The van der Waals surface area contributed by atoms with Crippen LogP contribution in [0.15, 0.2) is 12.1 Å². The van der Waals surface area contributed by atoms with Crippen molar-refractivity contribution in [1.29, 1.82) is 0 Å². The first-order chi connectivity index (χ1) is 7.70. The van der Waals surface area contributed by atoms with Crippen molar-refractivity contribution >= 4 is 11.7 Å². The summed E-state index contributed by atoms with van der Waals surface area (Å²) in [5.74, 6) is -0.0874. The molecule has 0 saturated carbocycles. The Labute approximate surface area is 101 Å². The van der Waals surface area contributed by atoms with Crippen molar-refractivity contribution in [3.8, 4) is 0 Å². The molecule has 0 aromatic carbocycles. The van der Waals surface area contributed by atoms with Gasteiger partial charge in [-0.1, -0.05) is 0 Å². The first-order valence-corrected chi connectivity index (χ1v) is 5.48. The fourth-order valence-corrected chi connectivity index (χ4v) is 1.29. The van der Waals surface area contributed by atoms with Gasteiger partial charge in [0.15, 0.2) is 0 Å². The molecule has 0 bridgehead atoms. The number of carbonyl (C=O) groups is 1. The van der Waals surface area contributed by atoms with Crippen LogP contribution in [0.4, 0.5) is 5.82 Å². The highest BCUT2D eigenvalue weighted by Crippen LogP contribution is 2.16. The number of pyridine rings is 1. The van der Waals surface area contributed by atoms with Gasteiger partial charge in [0.1, 0.15) is 11.4 Å². The van der Waals surface area contributed by atoms with Crippen LogP contribution in [0.25, 0.3) is 0 Å². The molecule has 0 aliphatic carbocycles. The van der Waals surface area contributed by atoms with Crippen molar-refractivity contribution in [3.05, 3.63) is 23.4 Å². The molecule has 1 rings (SSSR count). The summed E-state index contributed by atoms with van der Waals surface area (Å²) >= 11 is 0. The minimum Gasteiger partial charge on any atom is -0.381 e. The molecule has 1 aromatic rings. The van der Waals surface area contributed by atoms with Gasteiger partial charge in [0.05, 0.1) is 0 Å². The lowest BCUT2D eigenvalue weighted by Gasteiger charge is -2.17. The van der Waals surface area contributed by atoms with Crippen LogP contribution >= 0.6 is 0 Å². The number of nitrogens with zero attached hydrogens (tertiary/aromatic N) is 1. The molecule has 94 valence electrons. The Hall–Kier alpha value is -1.46. The first-order valence-electron chi connectivity index (χ1n) is 5.48. The molecule has 0 aliphatic heterocycles. The SMILES string of the molecule is Cc1cc(C(C)N)cc(NC(=O)C(C)(C)O)n1. The Bertz CT molecular complexity index is 422. The fraction of sp³-hybridized carbons (Fsp3) is 0.500. The van der Waals surface area contributed by atoms with Crippen LogP contribution in [0, 0.1) is 6.92 Å². The van der Waals surface area contributed by atoms with Crippen molar-refractivity contribution in [3.63, 3.8) is 0 Å². The average molecular weight is 237 g/mol. The minimum absolute atomic E-state index is 0.130. The van der Waals surface area contributed by atoms with Gasteiger partial charge in [0.2, 0.25) is 0 Å². The number of nitrogens with one attached hydrogen (secondary N) is 1. The molecule has 0 radical (unpaired) electrons. The Balaban J connectivity index is 2.96. The monoisotopic (exact) mass is 237 g/mol. The van der Waals surface area contributed by atoms with Gasteiger partial charge in [-0.2, -0.15) is 0 Å². The van der Waals surface area contributed by atoms with Gasteiger partial charge in [-0.15, -0.1) is 0 Å². The van der Waals surface area contributed by atoms with E-state index in [1.54, 1.807) is 6.07 Å². The van der Waals surface area contributed by atoms with Crippen LogP contribution in [0.1, 0.15) is 38.1 Å². The predicted octanol–water partition coefficient (Wildman–Crippen LogP) is 1.12. The zero-order valence-corrected chi connectivity index (χ0v) is 10.6. The molecule has 0 saturated heterocycles. The second kappa shape index (κ2) is 4.81. The van der Waals surface area contributed by atoms with Crippen molar-refractivity contribution < 1.29 is 9.90 Å². The number of anilines is 1. The Morgan fingerprint density at radius 1 is 1.53 bits per heavy atom. The third kappa shape index (κ3) is 3.80. The summed E-state index contributed by atoms with van der Waals surface area (Å²) in [4.78, 5) is 15.8. The van der Waals surface area contributed by atoms with Gasteiger partial charge in [0, 0.05) is 11.7 Å². The van der Waals surface area contributed by atoms with Crippen LogP contribution < -0.4 is 11.1 Å². The van der Waals surface area contributed by atoms with E-state index in [0.717, 1.165) is 11.3 Å². The van der Waals surface area contributed by atoms with E-state index in [2.05, 4.69) is 10.3 Å². The number of aromatic nitrogens is 1. The molecule has 5 nitrogen and oxygen atoms in total. The molecular weight excluding hydrogens is 218 g/mol. The van der Waals surface area contributed by atoms with E-state index in [1.807, 2.05) is 19.9 Å². The van der Waals surface area contributed by atoms with Crippen molar-refractivity contribution in [2.24, 2.45) is 5.73 Å². The number of hydrogen-bond acceptors (Lipinski definition) is 4. The lowest BCUT2D eigenvalue weighted by molar-refractivity contribution is -0.130. The lowest BCUT2D eigenvalue weighted by Crippen LogP contribution is -2.37. The summed E-state index contributed by atoms with van der Waals surface area (Å²) in [7, 11) is 0. The van der Waals surface area contributed by atoms with Crippen LogP contribution in [-0.2, 0) is 4.79 Å². The summed E-state index contributed by atoms with van der Waals surface area (Å²) in [6, 6.07) is 3.45. The van der Waals surface area contributed by atoms with Crippen LogP contribution in [-0.4, -0.2) is 21.6 Å². The number of aliphatic hydroxyl groups is 1. The normalized spacial score (nSPS) is 13.3. The van der Waals surface area contributed by atoms with E-state index >= 15 is 0 Å². The van der Waals surface area contributed by atoms with E-state index in [0.29, 0.717) is 5.82 Å². The third-order valence-electron chi connectivity index (χ3n) is 2.30. The number of carbonyl (C=O) groups excluding carboxylic acids is 1. The van der Waals surface area contributed by atoms with Gasteiger partial charge in [-0.25, -0.2) is 4.98 Å². The molecule has 1 atom stereocenters. The van der Waals surface area contributed by atoms with Crippen molar-refractivity contribution in [2.45, 2.75) is 39.3 Å². The zero-order valence-electron chi connectivity index (χ0n) is 10.6. The van der Waals surface area contributed by atoms with E-state index in [-0.39, 0.29) is 6.04 Å². The molecular formula is C12H19N3O2. The maximum Gasteiger partial charge on any atom is 0.256 e. The number of amides is 1. The Morgan fingerprint density at radius 3 is 2.59 bits per heavy atom. The van der Waals surface area contributed by atoms with Gasteiger partial charge < -0.3 is 16.2 Å². The molecule has 1 amide bonds. The van der Waals surface area contributed by atoms with Crippen molar-refractivity contribution in [1.82, 2.24) is 4.98 Å².